The van der Waals surface area contributed by atoms with Crippen molar-refractivity contribution in [3.63, 3.8) is 0 Å². The molecule has 0 radical (unpaired) electrons. The van der Waals surface area contributed by atoms with E-state index in [1.54, 1.807) is 5.38 Å². The van der Waals surface area contributed by atoms with Crippen LogP contribution >= 0.6 is 27.3 Å². The fourth-order valence-corrected chi connectivity index (χ4v) is 2.68. The third kappa shape index (κ3) is 2.20. The molecule has 0 aromatic carbocycles. The number of rotatable bonds is 2. The normalized spacial score (nSPS) is 10.9. The lowest BCUT2D eigenvalue weighted by Gasteiger charge is -2.02. The van der Waals surface area contributed by atoms with Gasteiger partial charge in [0.05, 0.1) is 20.6 Å². The minimum absolute atomic E-state index is 0.236. The molecule has 0 fully saturated rings. The number of hydrogen-bond donors (Lipinski definition) is 2. The van der Waals surface area contributed by atoms with Crippen molar-refractivity contribution in [2.24, 2.45) is 0 Å². The van der Waals surface area contributed by atoms with Crippen molar-refractivity contribution in [3.05, 3.63) is 38.8 Å². The first-order valence-electron chi connectivity index (χ1n) is 5.61. The molecule has 0 aliphatic carbocycles. The molecule has 0 atom stereocenters. The maximum atomic E-state index is 14.1. The summed E-state index contributed by atoms with van der Waals surface area (Å²) in [5.41, 5.74) is 1.02. The molecule has 20 heavy (non-hydrogen) atoms. The number of aromatic nitrogens is 3. The predicted octanol–water partition coefficient (Wildman–Crippen LogP) is 3.48. The third-order valence-electron chi connectivity index (χ3n) is 2.70. The van der Waals surface area contributed by atoms with Crippen LogP contribution in [0.5, 0.6) is 0 Å². The number of H-pyrrole nitrogens is 1. The second-order valence-corrected chi connectivity index (χ2v) is 5.97. The first-order valence-corrected chi connectivity index (χ1v) is 7.28. The molecule has 0 bridgehead atoms. The average Bonchev–Trinajstić information content (AvgIpc) is 3.01. The number of halogens is 2. The summed E-state index contributed by atoms with van der Waals surface area (Å²) in [6.45, 7) is 1.81. The van der Waals surface area contributed by atoms with Crippen molar-refractivity contribution in [1.82, 2.24) is 15.0 Å². The highest BCUT2D eigenvalue weighted by Gasteiger charge is 2.16. The quantitative estimate of drug-likeness (QED) is 0.739. The van der Waals surface area contributed by atoms with Gasteiger partial charge in [0.1, 0.15) is 11.3 Å². The molecule has 0 saturated carbocycles. The largest absolute Gasteiger partial charge is 0.344 e. The number of aromatic amines is 1. The summed E-state index contributed by atoms with van der Waals surface area (Å²) in [7, 11) is 0. The number of anilines is 1. The van der Waals surface area contributed by atoms with E-state index in [0.29, 0.717) is 17.0 Å². The van der Waals surface area contributed by atoms with Crippen molar-refractivity contribution < 1.29 is 9.18 Å². The van der Waals surface area contributed by atoms with Gasteiger partial charge in [-0.1, -0.05) is 0 Å². The van der Waals surface area contributed by atoms with Crippen molar-refractivity contribution in [2.75, 3.05) is 5.32 Å². The smallest absolute Gasteiger partial charge is 0.275 e. The molecule has 2 N–H and O–H groups in total. The van der Waals surface area contributed by atoms with E-state index in [1.165, 1.54) is 23.7 Å². The van der Waals surface area contributed by atoms with Gasteiger partial charge >= 0.3 is 0 Å². The fraction of sp³-hybridized carbons (Fsp3) is 0.0833. The van der Waals surface area contributed by atoms with Crippen LogP contribution in [0.1, 0.15) is 15.5 Å². The van der Waals surface area contributed by atoms with Crippen LogP contribution in [0, 0.1) is 12.7 Å². The Kier molecular flexibility index (Phi) is 3.27. The fourth-order valence-electron chi connectivity index (χ4n) is 1.79. The molecule has 0 unspecified atom stereocenters. The van der Waals surface area contributed by atoms with Crippen LogP contribution in [0.15, 0.2) is 22.2 Å². The number of hydrogen-bond acceptors (Lipinski definition) is 4. The minimum atomic E-state index is -0.471. The highest BCUT2D eigenvalue weighted by Crippen LogP contribution is 2.29. The average molecular weight is 355 g/mol. The molecule has 0 saturated heterocycles. The number of carbonyl (C=O) groups excluding carboxylic acids is 1. The van der Waals surface area contributed by atoms with Gasteiger partial charge in [0.25, 0.3) is 5.91 Å². The lowest BCUT2D eigenvalue weighted by Crippen LogP contribution is -2.12. The summed E-state index contributed by atoms with van der Waals surface area (Å²) in [6.07, 6.45) is 2.87. The Balaban J connectivity index is 1.99. The monoisotopic (exact) mass is 354 g/mol. The van der Waals surface area contributed by atoms with Crippen LogP contribution in [0.2, 0.25) is 0 Å². The van der Waals surface area contributed by atoms with Crippen molar-refractivity contribution in [1.29, 1.82) is 0 Å². The molecular weight excluding hydrogens is 347 g/mol. The number of aryl methyl sites for hydroxylation is 1. The van der Waals surface area contributed by atoms with Crippen LogP contribution < -0.4 is 5.32 Å². The predicted molar refractivity (Wildman–Crippen MR) is 78.6 cm³/mol. The SMILES string of the molecule is Cc1nc(C(=O)Nc2c[nH]c3ncc(Br)c(F)c23)cs1. The number of carbonyl (C=O) groups is 1. The van der Waals surface area contributed by atoms with Crippen molar-refractivity contribution in [2.45, 2.75) is 6.92 Å². The number of nitrogens with zero attached hydrogens (tertiary/aromatic N) is 2. The van der Waals surface area contributed by atoms with E-state index in [4.69, 9.17) is 0 Å². The number of thiazole rings is 1. The summed E-state index contributed by atoms with van der Waals surface area (Å²) < 4.78 is 14.3. The maximum Gasteiger partial charge on any atom is 0.275 e. The standard InChI is InChI=1S/C12H8BrFN4OS/c1-5-17-8(4-20-5)12(19)18-7-3-16-11-9(7)10(14)6(13)2-15-11/h2-4H,1H3,(H,15,16)(H,18,19). The molecule has 3 rings (SSSR count). The molecule has 8 heteroatoms. The van der Waals surface area contributed by atoms with Gasteiger partial charge in [-0.05, 0) is 22.9 Å². The summed E-state index contributed by atoms with van der Waals surface area (Å²) in [5, 5.41) is 5.32. The molecular formula is C12H8BrFN4OS. The van der Waals surface area contributed by atoms with E-state index < -0.39 is 5.82 Å². The Morgan fingerprint density at radius 1 is 1.55 bits per heavy atom. The van der Waals surface area contributed by atoms with Crippen LogP contribution in [-0.2, 0) is 0 Å². The Morgan fingerprint density at radius 3 is 3.05 bits per heavy atom. The van der Waals surface area contributed by atoms with E-state index >= 15 is 0 Å². The van der Waals surface area contributed by atoms with Crippen LogP contribution in [0.3, 0.4) is 0 Å². The van der Waals surface area contributed by atoms with E-state index in [9.17, 15) is 9.18 Å². The molecule has 0 aliphatic rings. The number of amides is 1. The molecule has 5 nitrogen and oxygen atoms in total. The van der Waals surface area contributed by atoms with Gasteiger partial charge < -0.3 is 10.3 Å². The molecule has 0 spiro atoms. The summed E-state index contributed by atoms with van der Waals surface area (Å²) in [4.78, 5) is 23.0. The number of nitrogens with one attached hydrogen (secondary N) is 2. The summed E-state index contributed by atoms with van der Waals surface area (Å²) in [6, 6.07) is 0. The van der Waals surface area contributed by atoms with Crippen molar-refractivity contribution in [3.8, 4) is 0 Å². The maximum absolute atomic E-state index is 14.1. The van der Waals surface area contributed by atoms with Gasteiger partial charge in [0, 0.05) is 17.8 Å². The van der Waals surface area contributed by atoms with Crippen LogP contribution in [-0.4, -0.2) is 20.9 Å². The third-order valence-corrected chi connectivity index (χ3v) is 4.02. The lowest BCUT2D eigenvalue weighted by molar-refractivity contribution is 0.102. The lowest BCUT2D eigenvalue weighted by atomic mass is 10.3. The van der Waals surface area contributed by atoms with Gasteiger partial charge in [-0.25, -0.2) is 14.4 Å². The van der Waals surface area contributed by atoms with E-state index in [2.05, 4.69) is 36.2 Å². The first-order chi connectivity index (χ1) is 9.56. The highest BCUT2D eigenvalue weighted by atomic mass is 79.9. The van der Waals surface area contributed by atoms with Gasteiger partial charge in [0.2, 0.25) is 0 Å². The molecule has 3 heterocycles. The molecule has 3 aromatic heterocycles. The topological polar surface area (TPSA) is 70.7 Å². The Labute approximate surface area is 125 Å². The molecule has 1 amide bonds. The Morgan fingerprint density at radius 2 is 2.35 bits per heavy atom. The van der Waals surface area contributed by atoms with Crippen LogP contribution in [0.25, 0.3) is 11.0 Å². The van der Waals surface area contributed by atoms with E-state index in [-0.39, 0.29) is 15.8 Å². The van der Waals surface area contributed by atoms with Crippen LogP contribution in [0.4, 0.5) is 10.1 Å². The van der Waals surface area contributed by atoms with Gasteiger partial charge in [-0.3, -0.25) is 4.79 Å². The van der Waals surface area contributed by atoms with Gasteiger partial charge in [0.15, 0.2) is 5.82 Å². The van der Waals surface area contributed by atoms with Gasteiger partial charge in [-0.15, -0.1) is 11.3 Å². The van der Waals surface area contributed by atoms with E-state index in [1.807, 2.05) is 6.92 Å². The zero-order valence-electron chi connectivity index (χ0n) is 10.2. The van der Waals surface area contributed by atoms with Gasteiger partial charge in [-0.2, -0.15) is 0 Å². The number of fused-ring (bicyclic) bond motifs is 1. The number of pyridine rings is 1. The second-order valence-electron chi connectivity index (χ2n) is 4.05. The highest BCUT2D eigenvalue weighted by molar-refractivity contribution is 9.10. The summed E-state index contributed by atoms with van der Waals surface area (Å²) >= 11 is 4.46. The summed E-state index contributed by atoms with van der Waals surface area (Å²) in [5.74, 6) is -0.851. The second kappa shape index (κ2) is 4.95. The van der Waals surface area contributed by atoms with Crippen molar-refractivity contribution >= 4 is 49.9 Å². The molecule has 0 aliphatic heterocycles. The zero-order chi connectivity index (χ0) is 14.3. The van der Waals surface area contributed by atoms with E-state index in [0.717, 1.165) is 5.01 Å². The zero-order valence-corrected chi connectivity index (χ0v) is 12.6. The Bertz CT molecular complexity index is 813. The first kappa shape index (κ1) is 13.2. The molecule has 3 aromatic rings. The molecule has 102 valence electrons. The minimum Gasteiger partial charge on any atom is -0.344 e. The Hall–Kier alpha value is -1.80.